The number of aromatic nitrogens is 3. The van der Waals surface area contributed by atoms with Gasteiger partial charge in [-0.05, 0) is 117 Å². The number of rotatable bonds is 19. The van der Waals surface area contributed by atoms with Crippen molar-refractivity contribution in [2.75, 3.05) is 6.61 Å². The van der Waals surface area contributed by atoms with Crippen LogP contribution in [0.3, 0.4) is 0 Å². The number of aromatic carboxylic acids is 2. The molecule has 1 fully saturated rings. The summed E-state index contributed by atoms with van der Waals surface area (Å²) in [7, 11) is 0. The van der Waals surface area contributed by atoms with Gasteiger partial charge in [-0.1, -0.05) is 124 Å². The van der Waals surface area contributed by atoms with Gasteiger partial charge in [-0.3, -0.25) is 29.9 Å². The Morgan fingerprint density at radius 2 is 1.10 bits per heavy atom. The van der Waals surface area contributed by atoms with Crippen LogP contribution >= 0.6 is 24.2 Å². The monoisotopic (exact) mass is 1130 g/mol. The second-order valence-electron chi connectivity index (χ2n) is 19.5. The molecule has 0 bridgehead atoms. The molecule has 17 nitrogen and oxygen atoms in total. The maximum atomic E-state index is 11.8. The van der Waals surface area contributed by atoms with E-state index in [-0.39, 0.29) is 53.0 Å². The molecule has 6 aromatic rings. The maximum Gasteiger partial charge on any atom is 0.338 e. The van der Waals surface area contributed by atoms with Crippen molar-refractivity contribution in [3.8, 4) is 28.0 Å². The third-order valence-electron chi connectivity index (χ3n) is 12.2. The van der Waals surface area contributed by atoms with Gasteiger partial charge in [-0.2, -0.15) is 0 Å². The first-order valence-corrected chi connectivity index (χ1v) is 26.7. The molecule has 1 aliphatic rings. The maximum absolute atomic E-state index is 11.8. The van der Waals surface area contributed by atoms with Crippen LogP contribution in [-0.2, 0) is 59.6 Å². The summed E-state index contributed by atoms with van der Waals surface area (Å²) in [6.45, 7) is 19.2. The number of hydrogen-bond donors (Lipinski definition) is 7. The van der Waals surface area contributed by atoms with Crippen LogP contribution in [0.15, 0.2) is 103 Å². The smallest absolute Gasteiger partial charge is 0.338 e. The van der Waals surface area contributed by atoms with Gasteiger partial charge in [-0.15, -0.1) is 12.4 Å². The molecule has 3 aromatic heterocycles. The fourth-order valence-electron chi connectivity index (χ4n) is 8.45. The fraction of sp³-hybridized carbons (Fsp3) is 0.328. The summed E-state index contributed by atoms with van der Waals surface area (Å²) in [6.07, 6.45) is 6.88. The summed E-state index contributed by atoms with van der Waals surface area (Å²) in [4.78, 5) is 79.0. The summed E-state index contributed by atoms with van der Waals surface area (Å²) in [5.74, 6) is -3.01. The van der Waals surface area contributed by atoms with Crippen LogP contribution in [-0.4, -0.2) is 82.3 Å². The van der Waals surface area contributed by atoms with Crippen LogP contribution in [0.1, 0.15) is 117 Å². The molecule has 9 N–H and O–H groups in total. The Morgan fingerprint density at radius 3 is 1.44 bits per heavy atom. The second-order valence-corrected chi connectivity index (χ2v) is 20.7. The SMILES string of the molecule is CCc1ccc(CCOc2ccc(CC3SC(=O)NC3=O)cc2)nc1.Cc1ccc(-c2c(CN)c(CC(C)C)nc(C)c2C(=O)O)cc1.Cc1ccc(-c2c(CN)c(CC(C)C)nc(C)c2C(=O)O)cc1.Cl.O=C(O)/C=C/C(=O)O. The van der Waals surface area contributed by atoms with Crippen molar-refractivity contribution < 1.29 is 53.9 Å². The number of halogens is 1. The van der Waals surface area contributed by atoms with Crippen molar-refractivity contribution in [2.24, 2.45) is 23.3 Å². The van der Waals surface area contributed by atoms with Crippen LogP contribution < -0.4 is 21.5 Å². The first kappa shape index (κ1) is 66.5. The van der Waals surface area contributed by atoms with Gasteiger partial charge >= 0.3 is 23.9 Å². The summed E-state index contributed by atoms with van der Waals surface area (Å²) in [6, 6.07) is 27.5. The lowest BCUT2D eigenvalue weighted by Gasteiger charge is -2.19. The number of carbonyl (C=O) groups excluding carboxylic acids is 2. The minimum atomic E-state index is -1.26. The minimum absolute atomic E-state index is 0. The molecular weight excluding hydrogens is 1060 g/mol. The Morgan fingerprint density at radius 1 is 0.662 bits per heavy atom. The van der Waals surface area contributed by atoms with Gasteiger partial charge in [-0.25, -0.2) is 19.2 Å². The number of pyridine rings is 3. The standard InChI is InChI=1S/C19H20N2O3S.2C19H24N2O2.C4H4O4.ClH/c1-2-13-3-6-15(20-12-13)9-10-24-16-7-4-14(5-8-16)11-17-18(22)21-19(23)25-17;2*1-11(2)9-16-15(10-20)18(14-7-5-12(3)6-8-14)17(19(22)23)13(4)21-16;5-3(6)1-2-4(7)8;/h3-8,12,17H,2,9-11H2,1H3,(H,21,22,23);2*5-8,11H,9-10,20H2,1-4H3,(H,22,23);1-2H,(H,5,6)(H,7,8);1H/b;;;2-1+;. The molecule has 80 heavy (non-hydrogen) atoms. The van der Waals surface area contributed by atoms with E-state index >= 15 is 0 Å². The molecule has 3 aromatic carbocycles. The molecule has 0 aliphatic carbocycles. The Kier molecular flexibility index (Phi) is 26.9. The topological polar surface area (TPSA) is 295 Å². The molecular formula is C61H73ClN6O11S. The number of carbonyl (C=O) groups is 6. The first-order valence-electron chi connectivity index (χ1n) is 25.8. The molecule has 426 valence electrons. The molecule has 1 unspecified atom stereocenters. The summed E-state index contributed by atoms with van der Waals surface area (Å²) in [5, 5.41) is 36.7. The lowest BCUT2D eigenvalue weighted by molar-refractivity contribution is -0.134. The van der Waals surface area contributed by atoms with Crippen molar-refractivity contribution in [1.82, 2.24) is 20.3 Å². The van der Waals surface area contributed by atoms with E-state index < -0.39 is 23.9 Å². The number of ether oxygens (including phenoxy) is 1. The highest BCUT2D eigenvalue weighted by Crippen LogP contribution is 2.34. The number of hydrogen-bond acceptors (Lipinski definition) is 13. The van der Waals surface area contributed by atoms with Crippen LogP contribution in [0.25, 0.3) is 22.3 Å². The number of nitrogens with two attached hydrogens (primary N) is 2. The first-order chi connectivity index (χ1) is 37.5. The summed E-state index contributed by atoms with van der Waals surface area (Å²) in [5.41, 5.74) is 25.7. The zero-order valence-electron chi connectivity index (χ0n) is 46.7. The lowest BCUT2D eigenvalue weighted by Crippen LogP contribution is -2.25. The van der Waals surface area contributed by atoms with Crippen molar-refractivity contribution in [2.45, 2.75) is 113 Å². The molecule has 7 rings (SSSR count). The van der Waals surface area contributed by atoms with Gasteiger partial charge in [0.25, 0.3) is 5.24 Å². The molecule has 1 aliphatic heterocycles. The van der Waals surface area contributed by atoms with Gasteiger partial charge in [0.1, 0.15) is 5.75 Å². The Hall–Kier alpha value is -7.77. The van der Waals surface area contributed by atoms with Crippen molar-refractivity contribution in [1.29, 1.82) is 0 Å². The molecule has 2 amide bonds. The molecule has 4 heterocycles. The number of nitrogens with one attached hydrogen (secondary N) is 1. The number of thioether (sulfide) groups is 1. The Labute approximate surface area is 478 Å². The third-order valence-corrected chi connectivity index (χ3v) is 13.2. The molecule has 0 saturated carbocycles. The molecule has 0 spiro atoms. The van der Waals surface area contributed by atoms with Gasteiger partial charge in [0.15, 0.2) is 0 Å². The largest absolute Gasteiger partial charge is 0.493 e. The van der Waals surface area contributed by atoms with E-state index in [1.807, 2.05) is 98.9 Å². The number of aryl methyl sites for hydroxylation is 5. The van der Waals surface area contributed by atoms with Gasteiger partial charge < -0.3 is 36.6 Å². The van der Waals surface area contributed by atoms with E-state index in [1.165, 1.54) is 5.56 Å². The average molecular weight is 1130 g/mol. The highest BCUT2D eigenvalue weighted by atomic mass is 35.5. The Balaban J connectivity index is 0.000000293. The number of aliphatic carboxylic acids is 2. The minimum Gasteiger partial charge on any atom is -0.493 e. The predicted octanol–water partition coefficient (Wildman–Crippen LogP) is 10.7. The number of imide groups is 1. The van der Waals surface area contributed by atoms with Crippen LogP contribution in [0.5, 0.6) is 5.75 Å². The van der Waals surface area contributed by atoms with Gasteiger partial charge in [0, 0.05) is 66.1 Å². The van der Waals surface area contributed by atoms with Crippen molar-refractivity contribution in [3.05, 3.63) is 176 Å². The van der Waals surface area contributed by atoms with Crippen LogP contribution in [0, 0.1) is 39.5 Å². The van der Waals surface area contributed by atoms with E-state index in [0.29, 0.717) is 59.5 Å². The van der Waals surface area contributed by atoms with Crippen LogP contribution in [0.4, 0.5) is 4.79 Å². The molecule has 19 heteroatoms. The fourth-order valence-corrected chi connectivity index (χ4v) is 9.31. The van der Waals surface area contributed by atoms with Crippen molar-refractivity contribution >= 4 is 59.2 Å². The van der Waals surface area contributed by atoms with E-state index in [9.17, 15) is 39.0 Å². The van der Waals surface area contributed by atoms with E-state index in [0.717, 1.165) is 99.2 Å². The second kappa shape index (κ2) is 32.3. The predicted molar refractivity (Wildman–Crippen MR) is 315 cm³/mol. The quantitative estimate of drug-likeness (QED) is 0.0371. The number of amides is 2. The van der Waals surface area contributed by atoms with Gasteiger partial charge in [0.05, 0.1) is 34.4 Å². The number of benzene rings is 3. The zero-order valence-corrected chi connectivity index (χ0v) is 48.3. The number of carboxylic acids is 4. The van der Waals surface area contributed by atoms with E-state index in [1.54, 1.807) is 13.8 Å². The zero-order chi connectivity index (χ0) is 58.5. The molecule has 0 radical (unpaired) electrons. The highest BCUT2D eigenvalue weighted by Gasteiger charge is 2.31. The highest BCUT2D eigenvalue weighted by molar-refractivity contribution is 8.15. The van der Waals surface area contributed by atoms with Gasteiger partial charge in [0.2, 0.25) is 5.91 Å². The Bertz CT molecular complexity index is 2970. The van der Waals surface area contributed by atoms with Crippen LogP contribution in [0.2, 0.25) is 0 Å². The van der Waals surface area contributed by atoms with Crippen molar-refractivity contribution in [3.63, 3.8) is 0 Å². The summed E-state index contributed by atoms with van der Waals surface area (Å²) >= 11 is 1.05. The molecule has 1 saturated heterocycles. The molecule has 1 atom stereocenters. The van der Waals surface area contributed by atoms with E-state index in [2.05, 4.69) is 61.0 Å². The number of carboxylic acid groups (broad SMARTS) is 4. The normalized spacial score (nSPS) is 12.5. The summed E-state index contributed by atoms with van der Waals surface area (Å²) < 4.78 is 5.75. The average Bonchev–Trinajstić information content (AvgIpc) is 3.71. The van der Waals surface area contributed by atoms with E-state index in [4.69, 9.17) is 26.4 Å². The lowest BCUT2D eigenvalue weighted by atomic mass is 9.90. The third kappa shape index (κ3) is 20.2. The number of nitrogens with zero attached hydrogens (tertiary/aromatic N) is 3.